The molecule has 1 aliphatic heterocycles. The molecule has 0 saturated carbocycles. The summed E-state index contributed by atoms with van der Waals surface area (Å²) in [5, 5.41) is 2.43. The molecule has 2 aromatic carbocycles. The first-order chi connectivity index (χ1) is 10.7. The van der Waals surface area contributed by atoms with Crippen molar-refractivity contribution in [3.63, 3.8) is 0 Å². The molecule has 2 aromatic rings. The highest BCUT2D eigenvalue weighted by Gasteiger charge is 2.41. The summed E-state index contributed by atoms with van der Waals surface area (Å²) in [5.74, 6) is -0.254. The second-order valence-corrected chi connectivity index (χ2v) is 5.55. The quantitative estimate of drug-likeness (QED) is 0.881. The Morgan fingerprint density at radius 2 is 1.59 bits per heavy atom. The van der Waals surface area contributed by atoms with E-state index in [-0.39, 0.29) is 18.0 Å². The second-order valence-electron chi connectivity index (χ2n) is 5.55. The van der Waals surface area contributed by atoms with Gasteiger partial charge in [0, 0.05) is 6.04 Å². The number of rotatable bonds is 4. The van der Waals surface area contributed by atoms with Crippen LogP contribution in [-0.4, -0.2) is 22.9 Å². The van der Waals surface area contributed by atoms with E-state index in [1.54, 1.807) is 4.90 Å². The molecular formula is C18H18N2O2. The Morgan fingerprint density at radius 1 is 1.00 bits per heavy atom. The van der Waals surface area contributed by atoms with Gasteiger partial charge in [-0.3, -0.25) is 10.1 Å². The van der Waals surface area contributed by atoms with Crippen molar-refractivity contribution in [1.82, 2.24) is 10.2 Å². The number of hydrogen-bond donors (Lipinski definition) is 1. The predicted molar refractivity (Wildman–Crippen MR) is 84.2 cm³/mol. The Bertz CT molecular complexity index is 670. The van der Waals surface area contributed by atoms with E-state index < -0.39 is 6.04 Å². The Kier molecular flexibility index (Phi) is 3.92. The number of urea groups is 1. The van der Waals surface area contributed by atoms with Crippen LogP contribution in [0.5, 0.6) is 0 Å². The SMILES string of the molecule is CC(Cc1ccccc1)N1C(=O)NC(=O)C1c1ccccc1. The van der Waals surface area contributed by atoms with Crippen LogP contribution in [-0.2, 0) is 11.2 Å². The monoisotopic (exact) mass is 294 g/mol. The fraction of sp³-hybridized carbons (Fsp3) is 0.222. The highest BCUT2D eigenvalue weighted by Crippen LogP contribution is 2.28. The summed E-state index contributed by atoms with van der Waals surface area (Å²) >= 11 is 0. The van der Waals surface area contributed by atoms with E-state index >= 15 is 0 Å². The van der Waals surface area contributed by atoms with Crippen LogP contribution in [0.25, 0.3) is 0 Å². The zero-order valence-corrected chi connectivity index (χ0v) is 12.4. The average molecular weight is 294 g/mol. The Morgan fingerprint density at radius 3 is 2.23 bits per heavy atom. The summed E-state index contributed by atoms with van der Waals surface area (Å²) in [7, 11) is 0. The van der Waals surface area contributed by atoms with Crippen LogP contribution >= 0.6 is 0 Å². The van der Waals surface area contributed by atoms with Gasteiger partial charge in [-0.1, -0.05) is 60.7 Å². The van der Waals surface area contributed by atoms with Crippen LogP contribution in [0.3, 0.4) is 0 Å². The van der Waals surface area contributed by atoms with Crippen LogP contribution in [0.15, 0.2) is 60.7 Å². The topological polar surface area (TPSA) is 49.4 Å². The average Bonchev–Trinajstić information content (AvgIpc) is 2.83. The lowest BCUT2D eigenvalue weighted by atomic mass is 10.0. The molecule has 0 aliphatic carbocycles. The predicted octanol–water partition coefficient (Wildman–Crippen LogP) is 2.91. The highest BCUT2D eigenvalue weighted by atomic mass is 16.2. The van der Waals surface area contributed by atoms with E-state index in [0.717, 1.165) is 11.1 Å². The van der Waals surface area contributed by atoms with Crippen molar-refractivity contribution in [1.29, 1.82) is 0 Å². The minimum atomic E-state index is -0.549. The van der Waals surface area contributed by atoms with Gasteiger partial charge in [-0.05, 0) is 24.5 Å². The molecular weight excluding hydrogens is 276 g/mol. The molecule has 1 saturated heterocycles. The number of hydrogen-bond acceptors (Lipinski definition) is 2. The van der Waals surface area contributed by atoms with Crippen LogP contribution in [0, 0.1) is 0 Å². The van der Waals surface area contributed by atoms with E-state index in [2.05, 4.69) is 5.32 Å². The van der Waals surface area contributed by atoms with E-state index in [1.165, 1.54) is 0 Å². The van der Waals surface area contributed by atoms with Crippen molar-refractivity contribution < 1.29 is 9.59 Å². The number of carbonyl (C=O) groups excluding carboxylic acids is 2. The fourth-order valence-electron chi connectivity index (χ4n) is 2.94. The molecule has 0 aromatic heterocycles. The molecule has 0 bridgehead atoms. The molecule has 22 heavy (non-hydrogen) atoms. The summed E-state index contributed by atoms with van der Waals surface area (Å²) in [6, 6.07) is 18.5. The Labute approximate surface area is 129 Å². The minimum absolute atomic E-state index is 0.0703. The Balaban J connectivity index is 1.86. The van der Waals surface area contributed by atoms with Gasteiger partial charge in [0.15, 0.2) is 0 Å². The molecule has 0 spiro atoms. The van der Waals surface area contributed by atoms with Gasteiger partial charge >= 0.3 is 6.03 Å². The van der Waals surface area contributed by atoms with E-state index in [0.29, 0.717) is 6.42 Å². The number of carbonyl (C=O) groups is 2. The van der Waals surface area contributed by atoms with Crippen LogP contribution in [0.4, 0.5) is 4.79 Å². The van der Waals surface area contributed by atoms with Gasteiger partial charge in [-0.2, -0.15) is 0 Å². The van der Waals surface area contributed by atoms with E-state index in [9.17, 15) is 9.59 Å². The van der Waals surface area contributed by atoms with Gasteiger partial charge in [0.1, 0.15) is 6.04 Å². The smallest absolute Gasteiger partial charge is 0.305 e. The van der Waals surface area contributed by atoms with Gasteiger partial charge in [0.05, 0.1) is 0 Å². The van der Waals surface area contributed by atoms with E-state index in [4.69, 9.17) is 0 Å². The van der Waals surface area contributed by atoms with Crippen molar-refractivity contribution in [3.8, 4) is 0 Å². The first kappa shape index (κ1) is 14.3. The van der Waals surface area contributed by atoms with Crippen molar-refractivity contribution in [2.45, 2.75) is 25.4 Å². The molecule has 2 unspecified atom stereocenters. The lowest BCUT2D eigenvalue weighted by Gasteiger charge is -2.28. The summed E-state index contributed by atoms with van der Waals surface area (Å²) in [6.45, 7) is 1.97. The number of nitrogens with one attached hydrogen (secondary N) is 1. The third-order valence-corrected chi connectivity index (χ3v) is 3.96. The molecule has 2 atom stereocenters. The molecule has 1 fully saturated rings. The lowest BCUT2D eigenvalue weighted by Crippen LogP contribution is -2.39. The minimum Gasteiger partial charge on any atom is -0.305 e. The molecule has 3 rings (SSSR count). The van der Waals surface area contributed by atoms with Crippen LogP contribution < -0.4 is 5.32 Å². The lowest BCUT2D eigenvalue weighted by molar-refractivity contribution is -0.121. The van der Waals surface area contributed by atoms with Gasteiger partial charge in [0.25, 0.3) is 5.91 Å². The van der Waals surface area contributed by atoms with Crippen molar-refractivity contribution in [2.24, 2.45) is 0 Å². The van der Waals surface area contributed by atoms with Gasteiger partial charge in [0.2, 0.25) is 0 Å². The van der Waals surface area contributed by atoms with Gasteiger partial charge < -0.3 is 4.90 Å². The summed E-state index contributed by atoms with van der Waals surface area (Å²) in [6.07, 6.45) is 0.713. The highest BCUT2D eigenvalue weighted by molar-refractivity contribution is 6.04. The molecule has 3 amide bonds. The third kappa shape index (κ3) is 2.72. The third-order valence-electron chi connectivity index (χ3n) is 3.96. The maximum absolute atomic E-state index is 12.2. The van der Waals surface area contributed by atoms with Crippen molar-refractivity contribution in [2.75, 3.05) is 0 Å². The maximum atomic E-state index is 12.2. The van der Waals surface area contributed by atoms with Gasteiger partial charge in [-0.15, -0.1) is 0 Å². The molecule has 112 valence electrons. The zero-order valence-electron chi connectivity index (χ0n) is 12.4. The van der Waals surface area contributed by atoms with Crippen molar-refractivity contribution in [3.05, 3.63) is 71.8 Å². The number of amides is 3. The first-order valence-corrected chi connectivity index (χ1v) is 7.39. The second kappa shape index (κ2) is 6.02. The fourth-order valence-corrected chi connectivity index (χ4v) is 2.94. The summed E-state index contributed by atoms with van der Waals surface area (Å²) < 4.78 is 0. The summed E-state index contributed by atoms with van der Waals surface area (Å²) in [4.78, 5) is 26.0. The number of benzene rings is 2. The molecule has 1 aliphatic rings. The maximum Gasteiger partial charge on any atom is 0.325 e. The molecule has 1 heterocycles. The molecule has 4 nitrogen and oxygen atoms in total. The largest absolute Gasteiger partial charge is 0.325 e. The zero-order chi connectivity index (χ0) is 15.5. The first-order valence-electron chi connectivity index (χ1n) is 7.39. The van der Waals surface area contributed by atoms with E-state index in [1.807, 2.05) is 67.6 Å². The molecule has 1 N–H and O–H groups in total. The van der Waals surface area contributed by atoms with Crippen LogP contribution in [0.2, 0.25) is 0 Å². The number of imide groups is 1. The Hall–Kier alpha value is -2.62. The van der Waals surface area contributed by atoms with Crippen molar-refractivity contribution >= 4 is 11.9 Å². The summed E-state index contributed by atoms with van der Waals surface area (Å²) in [5.41, 5.74) is 1.99. The van der Waals surface area contributed by atoms with Gasteiger partial charge in [-0.25, -0.2) is 4.79 Å². The molecule has 0 radical (unpaired) electrons. The molecule has 4 heteroatoms. The number of nitrogens with zero attached hydrogens (tertiary/aromatic N) is 1. The van der Waals surface area contributed by atoms with Crippen LogP contribution in [0.1, 0.15) is 24.1 Å². The standard InChI is InChI=1S/C18H18N2O2/c1-13(12-14-8-4-2-5-9-14)20-16(17(21)19-18(20)22)15-10-6-3-7-11-15/h2-11,13,16H,12H2,1H3,(H,19,21,22). The normalized spacial score (nSPS) is 19.1.